The lowest BCUT2D eigenvalue weighted by atomic mass is 10.1. The monoisotopic (exact) mass is 262 g/mol. The Labute approximate surface area is 113 Å². The summed E-state index contributed by atoms with van der Waals surface area (Å²) in [5.74, 6) is 0. The standard InChI is InChI=1S/C13H18N4S/c14-13(18)16-15-10-11-4-6-12(7-5-11)17-8-2-1-3-9-17/h4-7,10H,1-3,8-9H2,(H3,14,16,18)/b15-10-. The van der Waals surface area contributed by atoms with Crippen LogP contribution in [0, 0.1) is 0 Å². The highest BCUT2D eigenvalue weighted by atomic mass is 32.1. The number of hydrazone groups is 1. The number of nitrogens with two attached hydrogens (primary N) is 1. The van der Waals surface area contributed by atoms with Gasteiger partial charge < -0.3 is 10.6 Å². The fourth-order valence-electron chi connectivity index (χ4n) is 2.09. The summed E-state index contributed by atoms with van der Waals surface area (Å²) in [6, 6.07) is 8.37. The maximum Gasteiger partial charge on any atom is 0.184 e. The van der Waals surface area contributed by atoms with Gasteiger partial charge in [0.2, 0.25) is 0 Å². The van der Waals surface area contributed by atoms with Crippen molar-refractivity contribution in [3.63, 3.8) is 0 Å². The van der Waals surface area contributed by atoms with Gasteiger partial charge in [-0.25, -0.2) is 0 Å². The van der Waals surface area contributed by atoms with Crippen LogP contribution in [0.4, 0.5) is 5.69 Å². The van der Waals surface area contributed by atoms with Crippen molar-refractivity contribution in [2.45, 2.75) is 19.3 Å². The smallest absolute Gasteiger partial charge is 0.184 e. The van der Waals surface area contributed by atoms with Gasteiger partial charge in [0, 0.05) is 18.8 Å². The van der Waals surface area contributed by atoms with Crippen LogP contribution in [0.25, 0.3) is 0 Å². The van der Waals surface area contributed by atoms with Crippen LogP contribution in [-0.4, -0.2) is 24.4 Å². The summed E-state index contributed by atoms with van der Waals surface area (Å²) in [6.45, 7) is 2.33. The summed E-state index contributed by atoms with van der Waals surface area (Å²) in [4.78, 5) is 2.43. The van der Waals surface area contributed by atoms with Crippen molar-refractivity contribution in [2.24, 2.45) is 10.8 Å². The zero-order valence-electron chi connectivity index (χ0n) is 10.3. The van der Waals surface area contributed by atoms with Crippen LogP contribution in [0.15, 0.2) is 29.4 Å². The van der Waals surface area contributed by atoms with Gasteiger partial charge in [-0.1, -0.05) is 12.1 Å². The Morgan fingerprint density at radius 1 is 1.22 bits per heavy atom. The predicted molar refractivity (Wildman–Crippen MR) is 80.0 cm³/mol. The second kappa shape index (κ2) is 6.35. The average Bonchev–Trinajstić information content (AvgIpc) is 2.40. The molecule has 96 valence electrons. The van der Waals surface area contributed by atoms with E-state index in [4.69, 9.17) is 5.73 Å². The van der Waals surface area contributed by atoms with Gasteiger partial charge in [0.15, 0.2) is 5.11 Å². The molecule has 4 nitrogen and oxygen atoms in total. The number of nitrogens with zero attached hydrogens (tertiary/aromatic N) is 2. The lowest BCUT2D eigenvalue weighted by Crippen LogP contribution is -2.29. The minimum atomic E-state index is 0.177. The molecule has 2 rings (SSSR count). The third kappa shape index (κ3) is 3.70. The molecular formula is C13H18N4S. The van der Waals surface area contributed by atoms with Crippen molar-refractivity contribution in [2.75, 3.05) is 18.0 Å². The average molecular weight is 262 g/mol. The molecule has 1 saturated heterocycles. The SMILES string of the molecule is NC(=S)N/N=C\c1ccc(N2CCCCC2)cc1. The first kappa shape index (κ1) is 12.8. The lowest BCUT2D eigenvalue weighted by Gasteiger charge is -2.28. The third-order valence-corrected chi connectivity index (χ3v) is 3.09. The van der Waals surface area contributed by atoms with E-state index < -0.39 is 0 Å². The molecule has 18 heavy (non-hydrogen) atoms. The van der Waals surface area contributed by atoms with Crippen molar-refractivity contribution >= 4 is 29.2 Å². The molecule has 1 fully saturated rings. The Balaban J connectivity index is 1.96. The van der Waals surface area contributed by atoms with Gasteiger partial charge >= 0.3 is 0 Å². The van der Waals surface area contributed by atoms with E-state index in [0.29, 0.717) is 0 Å². The molecule has 0 atom stereocenters. The number of benzene rings is 1. The van der Waals surface area contributed by atoms with E-state index in [2.05, 4.69) is 51.9 Å². The van der Waals surface area contributed by atoms with E-state index >= 15 is 0 Å². The molecule has 0 radical (unpaired) electrons. The highest BCUT2D eigenvalue weighted by Gasteiger charge is 2.09. The molecule has 5 heteroatoms. The van der Waals surface area contributed by atoms with E-state index in [0.717, 1.165) is 18.7 Å². The summed E-state index contributed by atoms with van der Waals surface area (Å²) >= 11 is 4.66. The Hall–Kier alpha value is -1.62. The predicted octanol–water partition coefficient (Wildman–Crippen LogP) is 1.84. The molecule has 1 heterocycles. The highest BCUT2D eigenvalue weighted by Crippen LogP contribution is 2.19. The summed E-state index contributed by atoms with van der Waals surface area (Å²) in [5, 5.41) is 4.11. The Morgan fingerprint density at radius 3 is 2.50 bits per heavy atom. The number of piperidine rings is 1. The van der Waals surface area contributed by atoms with Gasteiger partial charge in [-0.2, -0.15) is 5.10 Å². The third-order valence-electron chi connectivity index (χ3n) is 3.00. The topological polar surface area (TPSA) is 53.6 Å². The summed E-state index contributed by atoms with van der Waals surface area (Å²) < 4.78 is 0. The van der Waals surface area contributed by atoms with Crippen LogP contribution < -0.4 is 16.1 Å². The molecule has 3 N–H and O–H groups in total. The summed E-state index contributed by atoms with van der Waals surface area (Å²) in [7, 11) is 0. The van der Waals surface area contributed by atoms with E-state index in [1.807, 2.05) is 0 Å². The second-order valence-corrected chi connectivity index (χ2v) is 4.81. The van der Waals surface area contributed by atoms with Gasteiger partial charge in [0.25, 0.3) is 0 Å². The van der Waals surface area contributed by atoms with Crippen molar-refractivity contribution in [3.8, 4) is 0 Å². The van der Waals surface area contributed by atoms with Crippen molar-refractivity contribution in [1.82, 2.24) is 5.43 Å². The maximum atomic E-state index is 5.28. The van der Waals surface area contributed by atoms with E-state index in [-0.39, 0.29) is 5.11 Å². The number of nitrogens with one attached hydrogen (secondary N) is 1. The molecule has 0 bridgehead atoms. The van der Waals surface area contributed by atoms with Crippen LogP contribution in [0.3, 0.4) is 0 Å². The highest BCUT2D eigenvalue weighted by molar-refractivity contribution is 7.80. The van der Waals surface area contributed by atoms with Crippen LogP contribution in [0.2, 0.25) is 0 Å². The Kier molecular flexibility index (Phi) is 4.52. The molecule has 1 aromatic rings. The molecule has 0 aromatic heterocycles. The van der Waals surface area contributed by atoms with Gasteiger partial charge in [-0.05, 0) is 49.2 Å². The number of hydrogen-bond donors (Lipinski definition) is 2. The number of thiocarbonyl (C=S) groups is 1. The molecule has 0 spiro atoms. The molecule has 1 aromatic carbocycles. The molecule has 0 aliphatic carbocycles. The lowest BCUT2D eigenvalue weighted by molar-refractivity contribution is 0.578. The molecule has 1 aliphatic heterocycles. The quantitative estimate of drug-likeness (QED) is 0.496. The fourth-order valence-corrected chi connectivity index (χ4v) is 2.15. The molecular weight excluding hydrogens is 244 g/mol. The largest absolute Gasteiger partial charge is 0.375 e. The van der Waals surface area contributed by atoms with E-state index in [9.17, 15) is 0 Å². The summed E-state index contributed by atoms with van der Waals surface area (Å²) in [6.07, 6.45) is 5.65. The van der Waals surface area contributed by atoms with E-state index in [1.54, 1.807) is 6.21 Å². The van der Waals surface area contributed by atoms with Gasteiger partial charge in [-0.3, -0.25) is 5.43 Å². The maximum absolute atomic E-state index is 5.28. The van der Waals surface area contributed by atoms with Crippen molar-refractivity contribution < 1.29 is 0 Å². The summed E-state index contributed by atoms with van der Waals surface area (Å²) in [5.41, 5.74) is 10.1. The van der Waals surface area contributed by atoms with Crippen molar-refractivity contribution in [1.29, 1.82) is 0 Å². The van der Waals surface area contributed by atoms with Gasteiger partial charge in [-0.15, -0.1) is 0 Å². The van der Waals surface area contributed by atoms with Crippen LogP contribution in [0.5, 0.6) is 0 Å². The van der Waals surface area contributed by atoms with Gasteiger partial charge in [0.05, 0.1) is 6.21 Å². The number of hydrogen-bond acceptors (Lipinski definition) is 3. The van der Waals surface area contributed by atoms with Gasteiger partial charge in [0.1, 0.15) is 0 Å². The first-order chi connectivity index (χ1) is 8.75. The van der Waals surface area contributed by atoms with Crippen LogP contribution in [0.1, 0.15) is 24.8 Å². The minimum Gasteiger partial charge on any atom is -0.375 e. The molecule has 1 aliphatic rings. The fraction of sp³-hybridized carbons (Fsp3) is 0.385. The van der Waals surface area contributed by atoms with Crippen molar-refractivity contribution in [3.05, 3.63) is 29.8 Å². The Bertz CT molecular complexity index is 421. The zero-order chi connectivity index (χ0) is 12.8. The molecule has 0 unspecified atom stereocenters. The van der Waals surface area contributed by atoms with Crippen LogP contribution >= 0.6 is 12.2 Å². The normalized spacial score (nSPS) is 15.9. The first-order valence-electron chi connectivity index (χ1n) is 6.19. The second-order valence-electron chi connectivity index (χ2n) is 4.37. The molecule has 0 saturated carbocycles. The number of rotatable bonds is 3. The number of anilines is 1. The van der Waals surface area contributed by atoms with Crippen LogP contribution in [-0.2, 0) is 0 Å². The first-order valence-corrected chi connectivity index (χ1v) is 6.60. The zero-order valence-corrected chi connectivity index (χ0v) is 11.1. The molecule has 0 amide bonds. The van der Waals surface area contributed by atoms with E-state index in [1.165, 1.54) is 24.9 Å². The Morgan fingerprint density at radius 2 is 1.89 bits per heavy atom. The minimum absolute atomic E-state index is 0.177.